The molecule has 0 unspecified atom stereocenters. The van der Waals surface area contributed by atoms with E-state index in [1.165, 1.54) is 17.7 Å². The van der Waals surface area contributed by atoms with Crippen LogP contribution in [0.15, 0.2) is 30.5 Å². The monoisotopic (exact) mass is 347 g/mol. The van der Waals surface area contributed by atoms with Gasteiger partial charge in [0.15, 0.2) is 0 Å². The van der Waals surface area contributed by atoms with Crippen molar-refractivity contribution in [2.24, 2.45) is 0 Å². The molecule has 1 fully saturated rings. The standard InChI is InChI=1S/C18H26ClN5/c1-15-16(14-21-22-15)13-20-6-3-7-23-8-10-24(11-9-23)18-5-2-4-17(19)12-18/h2,4-5,12,14,20H,3,6-11,13H2,1H3,(H,21,22). The fourth-order valence-corrected chi connectivity index (χ4v) is 3.29. The largest absolute Gasteiger partial charge is 0.369 e. The van der Waals surface area contributed by atoms with Crippen LogP contribution in [0.5, 0.6) is 0 Å². The van der Waals surface area contributed by atoms with Crippen molar-refractivity contribution in [3.8, 4) is 0 Å². The minimum atomic E-state index is 0.814. The summed E-state index contributed by atoms with van der Waals surface area (Å²) in [5.41, 5.74) is 3.64. The predicted molar refractivity (Wildman–Crippen MR) is 99.8 cm³/mol. The molecule has 0 radical (unpaired) electrons. The van der Waals surface area contributed by atoms with Crippen molar-refractivity contribution in [2.75, 3.05) is 44.2 Å². The topological polar surface area (TPSA) is 47.2 Å². The van der Waals surface area contributed by atoms with E-state index < -0.39 is 0 Å². The van der Waals surface area contributed by atoms with E-state index in [0.717, 1.165) is 56.5 Å². The highest BCUT2D eigenvalue weighted by atomic mass is 35.5. The normalized spacial score (nSPS) is 15.8. The molecular weight excluding hydrogens is 322 g/mol. The summed E-state index contributed by atoms with van der Waals surface area (Å²) in [6, 6.07) is 8.15. The van der Waals surface area contributed by atoms with E-state index in [2.05, 4.69) is 44.4 Å². The molecule has 24 heavy (non-hydrogen) atoms. The van der Waals surface area contributed by atoms with Gasteiger partial charge in [0.1, 0.15) is 0 Å². The maximum atomic E-state index is 6.09. The number of benzene rings is 1. The van der Waals surface area contributed by atoms with Crippen LogP contribution in [0.25, 0.3) is 0 Å². The van der Waals surface area contributed by atoms with Crippen LogP contribution in [0, 0.1) is 6.92 Å². The van der Waals surface area contributed by atoms with Gasteiger partial charge in [-0.05, 0) is 44.6 Å². The molecule has 1 aliphatic rings. The number of halogens is 1. The average molecular weight is 348 g/mol. The second kappa shape index (κ2) is 8.51. The summed E-state index contributed by atoms with van der Waals surface area (Å²) in [5, 5.41) is 11.3. The smallest absolute Gasteiger partial charge is 0.0535 e. The van der Waals surface area contributed by atoms with E-state index in [-0.39, 0.29) is 0 Å². The second-order valence-electron chi connectivity index (χ2n) is 6.36. The molecule has 1 saturated heterocycles. The van der Waals surface area contributed by atoms with Gasteiger partial charge >= 0.3 is 0 Å². The van der Waals surface area contributed by atoms with Crippen molar-refractivity contribution in [1.82, 2.24) is 20.4 Å². The number of rotatable bonds is 7. The molecule has 0 bridgehead atoms. The van der Waals surface area contributed by atoms with Crippen LogP contribution in [0.2, 0.25) is 5.02 Å². The first-order chi connectivity index (χ1) is 11.7. The molecule has 130 valence electrons. The molecule has 0 amide bonds. The number of H-pyrrole nitrogens is 1. The molecular formula is C18H26ClN5. The van der Waals surface area contributed by atoms with Crippen LogP contribution in [-0.4, -0.2) is 54.4 Å². The molecule has 3 rings (SSSR count). The molecule has 2 heterocycles. The highest BCUT2D eigenvalue weighted by Gasteiger charge is 2.16. The molecule has 6 heteroatoms. The van der Waals surface area contributed by atoms with E-state index in [4.69, 9.17) is 11.6 Å². The number of nitrogens with zero attached hydrogens (tertiary/aromatic N) is 3. The van der Waals surface area contributed by atoms with Crippen molar-refractivity contribution in [2.45, 2.75) is 19.9 Å². The van der Waals surface area contributed by atoms with Crippen LogP contribution < -0.4 is 10.2 Å². The van der Waals surface area contributed by atoms with Gasteiger partial charge < -0.3 is 10.2 Å². The molecule has 2 aromatic rings. The Hall–Kier alpha value is -1.56. The lowest BCUT2D eigenvalue weighted by Gasteiger charge is -2.36. The Balaban J connectivity index is 1.32. The maximum absolute atomic E-state index is 6.09. The zero-order chi connectivity index (χ0) is 16.8. The van der Waals surface area contributed by atoms with Gasteiger partial charge in [-0.3, -0.25) is 10.00 Å². The first-order valence-corrected chi connectivity index (χ1v) is 9.02. The van der Waals surface area contributed by atoms with E-state index in [1.54, 1.807) is 0 Å². The number of hydrogen-bond donors (Lipinski definition) is 2. The maximum Gasteiger partial charge on any atom is 0.0535 e. The first-order valence-electron chi connectivity index (χ1n) is 8.65. The Labute approximate surface area is 149 Å². The Morgan fingerprint density at radius 1 is 1.25 bits per heavy atom. The third kappa shape index (κ3) is 4.72. The molecule has 1 aliphatic heterocycles. The lowest BCUT2D eigenvalue weighted by Crippen LogP contribution is -2.47. The van der Waals surface area contributed by atoms with Gasteiger partial charge in [-0.15, -0.1) is 0 Å². The van der Waals surface area contributed by atoms with Crippen molar-refractivity contribution < 1.29 is 0 Å². The van der Waals surface area contributed by atoms with E-state index in [1.807, 2.05) is 18.3 Å². The van der Waals surface area contributed by atoms with E-state index >= 15 is 0 Å². The number of aromatic amines is 1. The summed E-state index contributed by atoms with van der Waals surface area (Å²) in [6.45, 7) is 9.53. The van der Waals surface area contributed by atoms with Crippen LogP contribution in [-0.2, 0) is 6.54 Å². The highest BCUT2D eigenvalue weighted by molar-refractivity contribution is 6.30. The lowest BCUT2D eigenvalue weighted by atomic mass is 10.2. The zero-order valence-electron chi connectivity index (χ0n) is 14.3. The number of hydrogen-bond acceptors (Lipinski definition) is 4. The van der Waals surface area contributed by atoms with Crippen LogP contribution >= 0.6 is 11.6 Å². The lowest BCUT2D eigenvalue weighted by molar-refractivity contribution is 0.254. The van der Waals surface area contributed by atoms with Crippen molar-refractivity contribution >= 4 is 17.3 Å². The molecule has 2 N–H and O–H groups in total. The first kappa shape index (κ1) is 17.3. The summed E-state index contributed by atoms with van der Waals surface area (Å²) >= 11 is 6.09. The summed E-state index contributed by atoms with van der Waals surface area (Å²) in [6.07, 6.45) is 3.07. The second-order valence-corrected chi connectivity index (χ2v) is 6.80. The van der Waals surface area contributed by atoms with Gasteiger partial charge in [-0.25, -0.2) is 0 Å². The van der Waals surface area contributed by atoms with Crippen LogP contribution in [0.4, 0.5) is 5.69 Å². The molecule has 1 aromatic heterocycles. The number of aromatic nitrogens is 2. The van der Waals surface area contributed by atoms with E-state index in [9.17, 15) is 0 Å². The van der Waals surface area contributed by atoms with Gasteiger partial charge in [0.05, 0.1) is 6.20 Å². The SMILES string of the molecule is Cc1[nH]ncc1CNCCCN1CCN(c2cccc(Cl)c2)CC1. The molecule has 1 aromatic carbocycles. The van der Waals surface area contributed by atoms with Crippen LogP contribution in [0.1, 0.15) is 17.7 Å². The highest BCUT2D eigenvalue weighted by Crippen LogP contribution is 2.20. The Morgan fingerprint density at radius 3 is 2.79 bits per heavy atom. The molecule has 0 saturated carbocycles. The fraction of sp³-hybridized carbons (Fsp3) is 0.500. The fourth-order valence-electron chi connectivity index (χ4n) is 3.11. The summed E-state index contributed by atoms with van der Waals surface area (Å²) < 4.78 is 0. The molecule has 5 nitrogen and oxygen atoms in total. The van der Waals surface area contributed by atoms with Crippen molar-refractivity contribution in [3.63, 3.8) is 0 Å². The zero-order valence-corrected chi connectivity index (χ0v) is 15.0. The number of piperazine rings is 1. The van der Waals surface area contributed by atoms with Crippen LogP contribution in [0.3, 0.4) is 0 Å². The molecule has 0 spiro atoms. The number of aryl methyl sites for hydroxylation is 1. The third-order valence-corrected chi connectivity index (χ3v) is 4.86. The minimum Gasteiger partial charge on any atom is -0.369 e. The number of anilines is 1. The Kier molecular flexibility index (Phi) is 6.12. The van der Waals surface area contributed by atoms with E-state index in [0.29, 0.717) is 0 Å². The summed E-state index contributed by atoms with van der Waals surface area (Å²) in [4.78, 5) is 4.97. The molecule has 0 aliphatic carbocycles. The molecule has 0 atom stereocenters. The summed E-state index contributed by atoms with van der Waals surface area (Å²) in [7, 11) is 0. The predicted octanol–water partition coefficient (Wildman–Crippen LogP) is 2.67. The number of nitrogens with one attached hydrogen (secondary N) is 2. The average Bonchev–Trinajstić information content (AvgIpc) is 3.00. The Morgan fingerprint density at radius 2 is 2.08 bits per heavy atom. The van der Waals surface area contributed by atoms with Gasteiger partial charge in [0.25, 0.3) is 0 Å². The van der Waals surface area contributed by atoms with Gasteiger partial charge in [0.2, 0.25) is 0 Å². The van der Waals surface area contributed by atoms with Crippen molar-refractivity contribution in [3.05, 3.63) is 46.7 Å². The van der Waals surface area contributed by atoms with Gasteiger partial charge in [-0.1, -0.05) is 17.7 Å². The Bertz CT molecular complexity index is 634. The van der Waals surface area contributed by atoms with Gasteiger partial charge in [-0.2, -0.15) is 5.10 Å². The third-order valence-electron chi connectivity index (χ3n) is 4.62. The quantitative estimate of drug-likeness (QED) is 0.756. The minimum absolute atomic E-state index is 0.814. The summed E-state index contributed by atoms with van der Waals surface area (Å²) in [5.74, 6) is 0. The van der Waals surface area contributed by atoms with Gasteiger partial charge in [0, 0.05) is 54.7 Å². The van der Waals surface area contributed by atoms with Crippen molar-refractivity contribution in [1.29, 1.82) is 0 Å².